The summed E-state index contributed by atoms with van der Waals surface area (Å²) in [5.74, 6) is 0. The van der Waals surface area contributed by atoms with Crippen molar-refractivity contribution < 1.29 is 4.48 Å². The van der Waals surface area contributed by atoms with E-state index in [-0.39, 0.29) is 0 Å². The molecule has 0 spiro atoms. The summed E-state index contributed by atoms with van der Waals surface area (Å²) in [5.41, 5.74) is 0. The predicted molar refractivity (Wildman–Crippen MR) is 135 cm³/mol. The smallest absolute Gasteiger partial charge is 0.0786 e. The molecule has 0 aromatic rings. The number of nitrogens with zero attached hydrogens (tertiary/aromatic N) is 1. The molecule has 0 amide bonds. The summed E-state index contributed by atoms with van der Waals surface area (Å²) in [7, 11) is 0. The topological polar surface area (TPSA) is 0 Å². The Bertz CT molecular complexity index is 365. The van der Waals surface area contributed by atoms with E-state index in [0.717, 1.165) is 6.42 Å². The van der Waals surface area contributed by atoms with Gasteiger partial charge in [0.15, 0.2) is 0 Å². The van der Waals surface area contributed by atoms with Crippen LogP contribution in [0, 0.1) is 0 Å². The maximum absolute atomic E-state index is 2.40. The van der Waals surface area contributed by atoms with Crippen molar-refractivity contribution in [2.75, 3.05) is 26.2 Å². The van der Waals surface area contributed by atoms with Gasteiger partial charge >= 0.3 is 0 Å². The van der Waals surface area contributed by atoms with Gasteiger partial charge in [-0.25, -0.2) is 0 Å². The second kappa shape index (κ2) is 22.1. The summed E-state index contributed by atoms with van der Waals surface area (Å²) in [4.78, 5) is 0. The van der Waals surface area contributed by atoms with E-state index in [2.05, 4.69) is 52.0 Å². The first-order valence-electron chi connectivity index (χ1n) is 13.4. The minimum atomic E-state index is 1.12. The Kier molecular flexibility index (Phi) is 21.7. The molecule has 0 fully saturated rings. The van der Waals surface area contributed by atoms with Gasteiger partial charge in [0.05, 0.1) is 26.2 Å². The monoisotopic (exact) mass is 406 g/mol. The number of quaternary nitrogens is 1. The summed E-state index contributed by atoms with van der Waals surface area (Å²) in [6, 6.07) is 0. The molecule has 0 aliphatic heterocycles. The van der Waals surface area contributed by atoms with Crippen LogP contribution in [0.2, 0.25) is 0 Å². The van der Waals surface area contributed by atoms with Crippen LogP contribution in [0.1, 0.15) is 130 Å². The highest BCUT2D eigenvalue weighted by molar-refractivity contribution is 4.92. The van der Waals surface area contributed by atoms with Crippen molar-refractivity contribution in [2.45, 2.75) is 130 Å². The Morgan fingerprint density at radius 1 is 0.448 bits per heavy atom. The van der Waals surface area contributed by atoms with Crippen molar-refractivity contribution in [3.8, 4) is 0 Å². The standard InChI is InChI=1S/C28H56N/c1-5-9-11-13-14-15-16-17-18-19-20-21-22-23-24-26-28-29(7-3,8-4)27-25-12-10-6-2/h14-15,17-18H,5-13,16,19-28H2,1-4H3/q+1/b15-14-,18-17-. The van der Waals surface area contributed by atoms with Gasteiger partial charge < -0.3 is 4.48 Å². The predicted octanol–water partition coefficient (Wildman–Crippen LogP) is 9.24. The van der Waals surface area contributed by atoms with Crippen LogP contribution in [0.3, 0.4) is 0 Å². The molecule has 0 N–H and O–H groups in total. The first-order valence-corrected chi connectivity index (χ1v) is 13.4. The summed E-state index contributed by atoms with van der Waals surface area (Å²) in [6.45, 7) is 14.8. The highest BCUT2D eigenvalue weighted by Gasteiger charge is 2.21. The number of hydrogen-bond donors (Lipinski definition) is 0. The highest BCUT2D eigenvalue weighted by Crippen LogP contribution is 2.15. The van der Waals surface area contributed by atoms with Crippen molar-refractivity contribution in [3.05, 3.63) is 24.3 Å². The molecule has 0 aliphatic rings. The van der Waals surface area contributed by atoms with E-state index in [9.17, 15) is 0 Å². The number of hydrogen-bond acceptors (Lipinski definition) is 0. The molecule has 0 aromatic heterocycles. The van der Waals surface area contributed by atoms with Gasteiger partial charge in [-0.1, -0.05) is 83.1 Å². The molecule has 0 heterocycles. The van der Waals surface area contributed by atoms with Crippen LogP contribution in [0.5, 0.6) is 0 Å². The molecule has 0 unspecified atom stereocenters. The zero-order valence-electron chi connectivity index (χ0n) is 20.9. The third kappa shape index (κ3) is 18.0. The molecule has 0 saturated carbocycles. The van der Waals surface area contributed by atoms with Gasteiger partial charge in [0.2, 0.25) is 0 Å². The molecule has 0 bridgehead atoms. The third-order valence-corrected chi connectivity index (χ3v) is 6.66. The van der Waals surface area contributed by atoms with Crippen molar-refractivity contribution in [1.29, 1.82) is 0 Å². The second-order valence-electron chi connectivity index (χ2n) is 9.07. The van der Waals surface area contributed by atoms with E-state index in [0.29, 0.717) is 0 Å². The molecule has 0 atom stereocenters. The summed E-state index contributed by atoms with van der Waals surface area (Å²) < 4.78 is 1.36. The van der Waals surface area contributed by atoms with Gasteiger partial charge in [-0.15, -0.1) is 0 Å². The van der Waals surface area contributed by atoms with E-state index < -0.39 is 0 Å². The van der Waals surface area contributed by atoms with Crippen LogP contribution >= 0.6 is 0 Å². The van der Waals surface area contributed by atoms with Gasteiger partial charge in [0, 0.05) is 0 Å². The molecule has 0 rings (SSSR count). The van der Waals surface area contributed by atoms with Crippen LogP contribution < -0.4 is 0 Å². The average Bonchev–Trinajstić information content (AvgIpc) is 2.75. The maximum atomic E-state index is 2.40. The molecule has 172 valence electrons. The summed E-state index contributed by atoms with van der Waals surface area (Å²) in [6.07, 6.45) is 31.3. The Balaban J connectivity index is 3.59. The first kappa shape index (κ1) is 28.4. The maximum Gasteiger partial charge on any atom is 0.0786 e. The molecule has 0 aromatic carbocycles. The lowest BCUT2D eigenvalue weighted by atomic mass is 10.1. The first-order chi connectivity index (χ1) is 14.2. The molecule has 1 heteroatoms. The van der Waals surface area contributed by atoms with Crippen LogP contribution in [0.25, 0.3) is 0 Å². The highest BCUT2D eigenvalue weighted by atomic mass is 15.3. The zero-order chi connectivity index (χ0) is 21.5. The van der Waals surface area contributed by atoms with Crippen LogP contribution in [0.15, 0.2) is 24.3 Å². The van der Waals surface area contributed by atoms with Gasteiger partial charge in [0.25, 0.3) is 0 Å². The lowest BCUT2D eigenvalue weighted by Gasteiger charge is -2.37. The Labute approximate surface area is 185 Å². The second-order valence-corrected chi connectivity index (χ2v) is 9.07. The molecular weight excluding hydrogens is 350 g/mol. The molecule has 29 heavy (non-hydrogen) atoms. The Morgan fingerprint density at radius 2 is 0.862 bits per heavy atom. The van der Waals surface area contributed by atoms with Crippen molar-refractivity contribution in [1.82, 2.24) is 0 Å². The van der Waals surface area contributed by atoms with E-state index >= 15 is 0 Å². The van der Waals surface area contributed by atoms with Crippen molar-refractivity contribution >= 4 is 0 Å². The van der Waals surface area contributed by atoms with Gasteiger partial charge in [-0.2, -0.15) is 0 Å². The number of allylic oxidation sites excluding steroid dienone is 4. The summed E-state index contributed by atoms with van der Waals surface area (Å²) in [5, 5.41) is 0. The van der Waals surface area contributed by atoms with E-state index in [4.69, 9.17) is 0 Å². The lowest BCUT2D eigenvalue weighted by Crippen LogP contribution is -2.49. The van der Waals surface area contributed by atoms with Crippen molar-refractivity contribution in [3.63, 3.8) is 0 Å². The molecule has 1 nitrogen and oxygen atoms in total. The SMILES string of the molecule is CCCCC/C=C\C/C=C\CCCCCCCC[N+](CC)(CC)CCCCCC. The van der Waals surface area contributed by atoms with Crippen LogP contribution in [-0.2, 0) is 0 Å². The fourth-order valence-corrected chi connectivity index (χ4v) is 4.28. The Hall–Kier alpha value is -0.560. The largest absolute Gasteiger partial charge is 0.324 e. The molecule has 0 saturated heterocycles. The molecule has 0 aliphatic carbocycles. The van der Waals surface area contributed by atoms with Crippen molar-refractivity contribution in [2.24, 2.45) is 0 Å². The van der Waals surface area contributed by atoms with Gasteiger partial charge in [0.1, 0.15) is 0 Å². The van der Waals surface area contributed by atoms with Crippen LogP contribution in [-0.4, -0.2) is 30.7 Å². The minimum absolute atomic E-state index is 1.12. The Morgan fingerprint density at radius 3 is 1.38 bits per heavy atom. The van der Waals surface area contributed by atoms with Crippen LogP contribution in [0.4, 0.5) is 0 Å². The quantitative estimate of drug-likeness (QED) is 0.0954. The van der Waals surface area contributed by atoms with E-state index in [1.807, 2.05) is 0 Å². The average molecular weight is 407 g/mol. The molecule has 0 radical (unpaired) electrons. The van der Waals surface area contributed by atoms with E-state index in [1.54, 1.807) is 0 Å². The minimum Gasteiger partial charge on any atom is -0.324 e. The lowest BCUT2D eigenvalue weighted by molar-refractivity contribution is -0.925. The number of unbranched alkanes of at least 4 members (excludes halogenated alkanes) is 12. The zero-order valence-corrected chi connectivity index (χ0v) is 20.9. The van der Waals surface area contributed by atoms with Gasteiger partial charge in [-0.05, 0) is 71.6 Å². The third-order valence-electron chi connectivity index (χ3n) is 6.66. The van der Waals surface area contributed by atoms with Gasteiger partial charge in [-0.3, -0.25) is 0 Å². The van der Waals surface area contributed by atoms with E-state index in [1.165, 1.54) is 127 Å². The number of rotatable bonds is 22. The molecular formula is C28H56N+. The summed E-state index contributed by atoms with van der Waals surface area (Å²) >= 11 is 0. The fraction of sp³-hybridized carbons (Fsp3) is 0.857. The fourth-order valence-electron chi connectivity index (χ4n) is 4.28. The normalized spacial score (nSPS) is 12.6.